The molecule has 0 aromatic heterocycles. The van der Waals surface area contributed by atoms with Gasteiger partial charge in [-0.2, -0.15) is 10.2 Å². The molecule has 0 radical (unpaired) electrons. The fraction of sp³-hybridized carbons (Fsp3) is 0. The number of phenols is 2. The number of nitrogens with zero attached hydrogens (tertiary/aromatic N) is 2. The van der Waals surface area contributed by atoms with Gasteiger partial charge in [-0.05, 0) is 72.8 Å². The molecule has 4 N–H and O–H groups in total. The molecule has 0 aliphatic rings. The van der Waals surface area contributed by atoms with Crippen molar-refractivity contribution >= 4 is 24.2 Å². The first-order valence-corrected chi connectivity index (χ1v) is 11.1. The van der Waals surface area contributed by atoms with E-state index in [1.54, 1.807) is 84.9 Å². The summed E-state index contributed by atoms with van der Waals surface area (Å²) in [5.74, 6) is 0.289. The lowest BCUT2D eigenvalue weighted by molar-refractivity contribution is 0.0947. The number of hydrazone groups is 2. The molecule has 4 aromatic carbocycles. The number of aromatic hydroxyl groups is 2. The Morgan fingerprint density at radius 2 is 0.973 bits per heavy atom. The molecular weight excluding hydrogens is 472 g/mol. The fourth-order valence-electron chi connectivity index (χ4n) is 3.13. The van der Waals surface area contributed by atoms with Crippen LogP contribution in [0.15, 0.2) is 107 Å². The fourth-order valence-corrected chi connectivity index (χ4v) is 3.13. The van der Waals surface area contributed by atoms with E-state index in [4.69, 9.17) is 4.74 Å². The number of amides is 2. The summed E-state index contributed by atoms with van der Waals surface area (Å²) in [6, 6.07) is 26.2. The van der Waals surface area contributed by atoms with Gasteiger partial charge in [0.1, 0.15) is 23.0 Å². The van der Waals surface area contributed by atoms with Gasteiger partial charge in [-0.25, -0.2) is 10.9 Å². The number of para-hydroxylation sites is 2. The lowest BCUT2D eigenvalue weighted by Gasteiger charge is -2.07. The molecule has 0 aliphatic carbocycles. The van der Waals surface area contributed by atoms with Crippen LogP contribution in [0.5, 0.6) is 23.0 Å². The van der Waals surface area contributed by atoms with E-state index < -0.39 is 11.8 Å². The molecule has 9 nitrogen and oxygen atoms in total. The summed E-state index contributed by atoms with van der Waals surface area (Å²) in [5.41, 5.74) is 6.52. The molecule has 184 valence electrons. The minimum Gasteiger partial charge on any atom is -0.507 e. The van der Waals surface area contributed by atoms with Gasteiger partial charge in [0.25, 0.3) is 11.8 Å². The standard InChI is InChI=1S/C28H22N4O5/c33-25-7-3-1-5-21(25)17-29-31-27(35)19-9-13-23(14-10-19)37-24-15-11-20(12-16-24)28(36)32-30-18-22-6-2-4-8-26(22)34/h1-18,33-34H,(H,31,35)(H,32,36)/b29-17+,30-18+. The highest BCUT2D eigenvalue weighted by molar-refractivity contribution is 5.96. The predicted octanol–water partition coefficient (Wildman–Crippen LogP) is 4.42. The Morgan fingerprint density at radius 1 is 0.595 bits per heavy atom. The van der Waals surface area contributed by atoms with Crippen molar-refractivity contribution in [1.29, 1.82) is 0 Å². The van der Waals surface area contributed by atoms with E-state index in [2.05, 4.69) is 21.1 Å². The minimum atomic E-state index is -0.418. The molecule has 4 rings (SSSR count). The third-order valence-electron chi connectivity index (χ3n) is 5.08. The molecule has 0 unspecified atom stereocenters. The van der Waals surface area contributed by atoms with Crippen LogP contribution in [-0.4, -0.2) is 34.5 Å². The summed E-state index contributed by atoms with van der Waals surface area (Å²) in [6.07, 6.45) is 2.71. The van der Waals surface area contributed by atoms with Crippen LogP contribution in [0.25, 0.3) is 0 Å². The van der Waals surface area contributed by atoms with Crippen molar-refractivity contribution in [3.8, 4) is 23.0 Å². The Labute approximate surface area is 212 Å². The van der Waals surface area contributed by atoms with Crippen LogP contribution in [0.2, 0.25) is 0 Å². The SMILES string of the molecule is O=C(N/N=C/c1ccccc1O)c1ccc(Oc2ccc(C(=O)N/N=C/c3ccccc3O)cc2)cc1. The van der Waals surface area contributed by atoms with E-state index in [0.29, 0.717) is 33.8 Å². The van der Waals surface area contributed by atoms with E-state index in [1.165, 1.54) is 24.6 Å². The van der Waals surface area contributed by atoms with Crippen LogP contribution < -0.4 is 15.6 Å². The van der Waals surface area contributed by atoms with Gasteiger partial charge >= 0.3 is 0 Å². The highest BCUT2D eigenvalue weighted by Gasteiger charge is 2.07. The van der Waals surface area contributed by atoms with Crippen LogP contribution in [0.1, 0.15) is 31.8 Å². The second-order valence-electron chi connectivity index (χ2n) is 7.67. The van der Waals surface area contributed by atoms with Crippen molar-refractivity contribution in [2.75, 3.05) is 0 Å². The molecule has 0 aliphatic heterocycles. The summed E-state index contributed by atoms with van der Waals surface area (Å²) in [6.45, 7) is 0. The molecule has 2 amide bonds. The van der Waals surface area contributed by atoms with Gasteiger partial charge < -0.3 is 14.9 Å². The van der Waals surface area contributed by atoms with Gasteiger partial charge in [-0.15, -0.1) is 0 Å². The zero-order chi connectivity index (χ0) is 26.0. The molecule has 0 spiro atoms. The molecule has 0 atom stereocenters. The summed E-state index contributed by atoms with van der Waals surface area (Å²) < 4.78 is 5.77. The number of hydrogen-bond donors (Lipinski definition) is 4. The number of nitrogens with one attached hydrogen (secondary N) is 2. The molecular formula is C28H22N4O5. The smallest absolute Gasteiger partial charge is 0.271 e. The highest BCUT2D eigenvalue weighted by Crippen LogP contribution is 2.22. The van der Waals surface area contributed by atoms with Crippen molar-refractivity contribution < 1.29 is 24.5 Å². The van der Waals surface area contributed by atoms with E-state index in [1.807, 2.05) is 0 Å². The first-order valence-electron chi connectivity index (χ1n) is 11.1. The largest absolute Gasteiger partial charge is 0.507 e. The zero-order valence-electron chi connectivity index (χ0n) is 19.4. The Bertz CT molecular complexity index is 1340. The van der Waals surface area contributed by atoms with Gasteiger partial charge in [0.2, 0.25) is 0 Å². The van der Waals surface area contributed by atoms with Crippen LogP contribution in [0.4, 0.5) is 0 Å². The molecule has 0 fully saturated rings. The first kappa shape index (κ1) is 24.7. The van der Waals surface area contributed by atoms with Gasteiger partial charge in [-0.3, -0.25) is 9.59 Å². The third-order valence-corrected chi connectivity index (χ3v) is 5.08. The number of benzene rings is 4. The van der Waals surface area contributed by atoms with Crippen molar-refractivity contribution in [2.24, 2.45) is 10.2 Å². The second-order valence-corrected chi connectivity index (χ2v) is 7.67. The maximum Gasteiger partial charge on any atom is 0.271 e. The van der Waals surface area contributed by atoms with Crippen LogP contribution >= 0.6 is 0 Å². The maximum atomic E-state index is 12.3. The number of carbonyl (C=O) groups excluding carboxylic acids is 2. The molecule has 0 heterocycles. The Morgan fingerprint density at radius 3 is 1.35 bits per heavy atom. The lowest BCUT2D eigenvalue weighted by atomic mass is 10.2. The maximum absolute atomic E-state index is 12.3. The van der Waals surface area contributed by atoms with Crippen molar-refractivity contribution in [1.82, 2.24) is 10.9 Å². The molecule has 0 saturated carbocycles. The van der Waals surface area contributed by atoms with Gasteiger partial charge in [-0.1, -0.05) is 24.3 Å². The lowest BCUT2D eigenvalue weighted by Crippen LogP contribution is -2.17. The molecule has 9 heteroatoms. The average Bonchev–Trinajstić information content (AvgIpc) is 2.91. The summed E-state index contributed by atoms with van der Waals surface area (Å²) >= 11 is 0. The first-order chi connectivity index (χ1) is 18.0. The molecule has 37 heavy (non-hydrogen) atoms. The van der Waals surface area contributed by atoms with Gasteiger partial charge in [0, 0.05) is 22.3 Å². The Balaban J connectivity index is 1.29. The van der Waals surface area contributed by atoms with Crippen molar-refractivity contribution in [3.63, 3.8) is 0 Å². The van der Waals surface area contributed by atoms with Crippen LogP contribution in [0.3, 0.4) is 0 Å². The van der Waals surface area contributed by atoms with E-state index >= 15 is 0 Å². The average molecular weight is 495 g/mol. The number of phenolic OH excluding ortho intramolecular Hbond substituents is 2. The topological polar surface area (TPSA) is 133 Å². The number of hydrogen-bond acceptors (Lipinski definition) is 7. The van der Waals surface area contributed by atoms with Crippen LogP contribution in [-0.2, 0) is 0 Å². The molecule has 0 saturated heterocycles. The Kier molecular flexibility index (Phi) is 7.87. The number of carbonyl (C=O) groups is 2. The quantitative estimate of drug-likeness (QED) is 0.213. The minimum absolute atomic E-state index is 0.0633. The van der Waals surface area contributed by atoms with Crippen LogP contribution in [0, 0.1) is 0 Å². The number of ether oxygens (including phenoxy) is 1. The number of rotatable bonds is 8. The Hall–Kier alpha value is -5.44. The zero-order valence-corrected chi connectivity index (χ0v) is 19.4. The summed E-state index contributed by atoms with van der Waals surface area (Å²) in [4.78, 5) is 24.5. The van der Waals surface area contributed by atoms with Crippen molar-refractivity contribution in [3.05, 3.63) is 119 Å². The molecule has 4 aromatic rings. The highest BCUT2D eigenvalue weighted by atomic mass is 16.5. The second kappa shape index (κ2) is 11.8. The van der Waals surface area contributed by atoms with Crippen molar-refractivity contribution in [2.45, 2.75) is 0 Å². The monoisotopic (exact) mass is 494 g/mol. The van der Waals surface area contributed by atoms with Gasteiger partial charge in [0.15, 0.2) is 0 Å². The predicted molar refractivity (Wildman–Crippen MR) is 139 cm³/mol. The van der Waals surface area contributed by atoms with E-state index in [9.17, 15) is 19.8 Å². The summed E-state index contributed by atoms with van der Waals surface area (Å²) in [5, 5.41) is 27.2. The molecule has 0 bridgehead atoms. The summed E-state index contributed by atoms with van der Waals surface area (Å²) in [7, 11) is 0. The van der Waals surface area contributed by atoms with E-state index in [0.717, 1.165) is 0 Å². The third kappa shape index (κ3) is 6.80. The van der Waals surface area contributed by atoms with E-state index in [-0.39, 0.29) is 11.5 Å². The normalized spacial score (nSPS) is 10.9. The van der Waals surface area contributed by atoms with Gasteiger partial charge in [0.05, 0.1) is 12.4 Å².